The lowest BCUT2D eigenvalue weighted by molar-refractivity contribution is 0.185. The van der Waals surface area contributed by atoms with Gasteiger partial charge in [-0.2, -0.15) is 0 Å². The van der Waals surface area contributed by atoms with Gasteiger partial charge in [-0.15, -0.1) is 0 Å². The van der Waals surface area contributed by atoms with E-state index >= 15 is 0 Å². The molecular weight excluding hydrogens is 222 g/mol. The third-order valence-electron chi connectivity index (χ3n) is 4.96. The lowest BCUT2D eigenvalue weighted by Gasteiger charge is -2.33. The van der Waals surface area contributed by atoms with Gasteiger partial charge in [0.25, 0.3) is 0 Å². The van der Waals surface area contributed by atoms with Crippen LogP contribution in [0.4, 0.5) is 0 Å². The minimum absolute atomic E-state index is 0.731. The van der Waals surface area contributed by atoms with Gasteiger partial charge in [-0.3, -0.25) is 4.90 Å². The number of piperidine rings is 1. The third-order valence-corrected chi connectivity index (χ3v) is 4.96. The SMILES string of the molecule is CCN(CC)C1CCN(CC2NCCCC2C)C1. The van der Waals surface area contributed by atoms with E-state index in [1.807, 2.05) is 0 Å². The Balaban J connectivity index is 1.78. The van der Waals surface area contributed by atoms with Crippen LogP contribution in [0.3, 0.4) is 0 Å². The van der Waals surface area contributed by atoms with Crippen molar-refractivity contribution < 1.29 is 0 Å². The maximum atomic E-state index is 3.71. The van der Waals surface area contributed by atoms with Crippen molar-refractivity contribution in [3.8, 4) is 0 Å². The van der Waals surface area contributed by atoms with Crippen LogP contribution in [0, 0.1) is 5.92 Å². The molecule has 2 aliphatic rings. The molecule has 0 spiro atoms. The molecule has 0 aromatic heterocycles. The summed E-state index contributed by atoms with van der Waals surface area (Å²) in [5.74, 6) is 0.853. The second-order valence-corrected chi connectivity index (χ2v) is 6.10. The number of likely N-dealkylation sites (tertiary alicyclic amines) is 1. The minimum Gasteiger partial charge on any atom is -0.312 e. The highest BCUT2D eigenvalue weighted by molar-refractivity contribution is 4.87. The fourth-order valence-electron chi connectivity index (χ4n) is 3.65. The summed E-state index contributed by atoms with van der Waals surface area (Å²) in [4.78, 5) is 5.31. The smallest absolute Gasteiger partial charge is 0.0235 e. The molecule has 0 aromatic rings. The van der Waals surface area contributed by atoms with Crippen LogP contribution in [0.5, 0.6) is 0 Å². The highest BCUT2D eigenvalue weighted by atomic mass is 15.3. The fraction of sp³-hybridized carbons (Fsp3) is 1.00. The van der Waals surface area contributed by atoms with E-state index in [-0.39, 0.29) is 0 Å². The molecule has 3 unspecified atom stereocenters. The number of nitrogens with one attached hydrogen (secondary N) is 1. The van der Waals surface area contributed by atoms with E-state index in [1.165, 1.54) is 58.5 Å². The van der Waals surface area contributed by atoms with Gasteiger partial charge in [-0.25, -0.2) is 0 Å². The van der Waals surface area contributed by atoms with Crippen LogP contribution in [0.1, 0.15) is 40.0 Å². The Morgan fingerprint density at radius 3 is 2.67 bits per heavy atom. The van der Waals surface area contributed by atoms with Gasteiger partial charge < -0.3 is 10.2 Å². The van der Waals surface area contributed by atoms with Gasteiger partial charge in [-0.05, 0) is 51.4 Å². The molecular formula is C15H31N3. The molecule has 3 atom stereocenters. The van der Waals surface area contributed by atoms with Crippen LogP contribution in [-0.4, -0.2) is 61.2 Å². The molecule has 2 fully saturated rings. The van der Waals surface area contributed by atoms with Crippen LogP contribution >= 0.6 is 0 Å². The summed E-state index contributed by atoms with van der Waals surface area (Å²) in [5, 5.41) is 3.71. The monoisotopic (exact) mass is 253 g/mol. The number of hydrogen-bond donors (Lipinski definition) is 1. The molecule has 0 aliphatic carbocycles. The van der Waals surface area contributed by atoms with Crippen molar-refractivity contribution in [1.29, 1.82) is 0 Å². The average molecular weight is 253 g/mol. The predicted octanol–water partition coefficient (Wildman–Crippen LogP) is 1.79. The van der Waals surface area contributed by atoms with E-state index in [0.29, 0.717) is 0 Å². The third kappa shape index (κ3) is 3.46. The van der Waals surface area contributed by atoms with Gasteiger partial charge in [0.1, 0.15) is 0 Å². The number of likely N-dealkylation sites (N-methyl/N-ethyl adjacent to an activating group) is 1. The largest absolute Gasteiger partial charge is 0.312 e. The van der Waals surface area contributed by atoms with E-state index < -0.39 is 0 Å². The molecule has 0 bridgehead atoms. The Morgan fingerprint density at radius 1 is 1.22 bits per heavy atom. The number of rotatable bonds is 5. The van der Waals surface area contributed by atoms with Gasteiger partial charge in [0.15, 0.2) is 0 Å². The van der Waals surface area contributed by atoms with E-state index in [4.69, 9.17) is 0 Å². The molecule has 2 heterocycles. The van der Waals surface area contributed by atoms with Gasteiger partial charge in [0, 0.05) is 25.2 Å². The fourth-order valence-corrected chi connectivity index (χ4v) is 3.65. The van der Waals surface area contributed by atoms with E-state index in [0.717, 1.165) is 18.0 Å². The summed E-state index contributed by atoms with van der Waals surface area (Å²) in [6.45, 7) is 14.5. The average Bonchev–Trinajstić information content (AvgIpc) is 2.82. The molecule has 2 aliphatic heterocycles. The van der Waals surface area contributed by atoms with Crippen LogP contribution in [0.15, 0.2) is 0 Å². The van der Waals surface area contributed by atoms with E-state index in [2.05, 4.69) is 35.9 Å². The summed E-state index contributed by atoms with van der Waals surface area (Å²) >= 11 is 0. The zero-order chi connectivity index (χ0) is 13.0. The summed E-state index contributed by atoms with van der Waals surface area (Å²) in [6.07, 6.45) is 4.13. The lowest BCUT2D eigenvalue weighted by Crippen LogP contribution is -2.48. The number of nitrogens with zero attached hydrogens (tertiary/aromatic N) is 2. The normalized spacial score (nSPS) is 34.3. The van der Waals surface area contributed by atoms with Gasteiger partial charge in [0.2, 0.25) is 0 Å². The van der Waals surface area contributed by atoms with Crippen LogP contribution < -0.4 is 5.32 Å². The molecule has 2 rings (SSSR count). The lowest BCUT2D eigenvalue weighted by atomic mass is 9.92. The minimum atomic E-state index is 0.731. The second-order valence-electron chi connectivity index (χ2n) is 6.10. The first-order valence-electron chi connectivity index (χ1n) is 7.94. The Bertz CT molecular complexity index is 240. The molecule has 18 heavy (non-hydrogen) atoms. The number of hydrogen-bond acceptors (Lipinski definition) is 3. The van der Waals surface area contributed by atoms with Crippen LogP contribution in [0.25, 0.3) is 0 Å². The quantitative estimate of drug-likeness (QED) is 0.806. The van der Waals surface area contributed by atoms with Crippen LogP contribution in [-0.2, 0) is 0 Å². The Hall–Kier alpha value is -0.120. The molecule has 1 N–H and O–H groups in total. The Kier molecular flexibility index (Phi) is 5.46. The summed E-state index contributed by atoms with van der Waals surface area (Å²) < 4.78 is 0. The zero-order valence-corrected chi connectivity index (χ0v) is 12.5. The van der Waals surface area contributed by atoms with E-state index in [9.17, 15) is 0 Å². The molecule has 0 saturated carbocycles. The second kappa shape index (κ2) is 6.88. The first-order valence-corrected chi connectivity index (χ1v) is 7.94. The zero-order valence-electron chi connectivity index (χ0n) is 12.5. The summed E-state index contributed by atoms with van der Waals surface area (Å²) in [6, 6.07) is 1.54. The van der Waals surface area contributed by atoms with Crippen LogP contribution in [0.2, 0.25) is 0 Å². The van der Waals surface area contributed by atoms with Crippen molar-refractivity contribution >= 4 is 0 Å². The van der Waals surface area contributed by atoms with Crippen molar-refractivity contribution in [3.63, 3.8) is 0 Å². The molecule has 3 nitrogen and oxygen atoms in total. The van der Waals surface area contributed by atoms with Gasteiger partial charge in [0.05, 0.1) is 0 Å². The van der Waals surface area contributed by atoms with Crippen molar-refractivity contribution in [1.82, 2.24) is 15.1 Å². The van der Waals surface area contributed by atoms with Crippen molar-refractivity contribution in [2.45, 2.75) is 52.1 Å². The van der Waals surface area contributed by atoms with Gasteiger partial charge in [-0.1, -0.05) is 20.8 Å². The highest BCUT2D eigenvalue weighted by Gasteiger charge is 2.29. The molecule has 0 radical (unpaired) electrons. The Labute approximate surface area is 113 Å². The molecule has 2 saturated heterocycles. The molecule has 0 amide bonds. The molecule has 0 aromatic carbocycles. The predicted molar refractivity (Wildman–Crippen MR) is 78.0 cm³/mol. The van der Waals surface area contributed by atoms with Crippen molar-refractivity contribution in [2.75, 3.05) is 39.3 Å². The first kappa shape index (κ1) is 14.3. The van der Waals surface area contributed by atoms with Crippen molar-refractivity contribution in [3.05, 3.63) is 0 Å². The topological polar surface area (TPSA) is 18.5 Å². The Morgan fingerprint density at radius 2 is 2.00 bits per heavy atom. The highest BCUT2D eigenvalue weighted by Crippen LogP contribution is 2.20. The van der Waals surface area contributed by atoms with Crippen molar-refractivity contribution in [2.24, 2.45) is 5.92 Å². The molecule has 106 valence electrons. The maximum absolute atomic E-state index is 3.71. The summed E-state index contributed by atoms with van der Waals surface area (Å²) in [5.41, 5.74) is 0. The van der Waals surface area contributed by atoms with E-state index in [1.54, 1.807) is 0 Å². The molecule has 3 heteroatoms. The first-order chi connectivity index (χ1) is 8.74. The standard InChI is InChI=1S/C15H31N3/c1-4-18(5-2)14-8-10-17(11-14)12-15-13(3)7-6-9-16-15/h13-16H,4-12H2,1-3H3. The summed E-state index contributed by atoms with van der Waals surface area (Å²) in [7, 11) is 0. The van der Waals surface area contributed by atoms with Gasteiger partial charge >= 0.3 is 0 Å². The maximum Gasteiger partial charge on any atom is 0.0235 e.